The first-order valence-electron chi connectivity index (χ1n) is 7.50. The number of rotatable bonds is 9. The Labute approximate surface area is 107 Å². The zero-order valence-corrected chi connectivity index (χ0v) is 11.9. The van der Waals surface area contributed by atoms with E-state index < -0.39 is 0 Å². The summed E-state index contributed by atoms with van der Waals surface area (Å²) in [5.74, 6) is 0. The molecule has 1 aliphatic rings. The molecule has 0 aromatic rings. The van der Waals surface area contributed by atoms with Crippen molar-refractivity contribution >= 4 is 0 Å². The van der Waals surface area contributed by atoms with E-state index in [9.17, 15) is 5.11 Å². The zero-order chi connectivity index (χ0) is 12.7. The minimum absolute atomic E-state index is 0.0589. The average Bonchev–Trinajstić information content (AvgIpc) is 2.34. The first kappa shape index (κ1) is 15.0. The average molecular weight is 242 g/mol. The normalized spacial score (nSPS) is 26.8. The molecule has 2 unspecified atom stereocenters. The first-order valence-corrected chi connectivity index (χ1v) is 7.50. The monoisotopic (exact) mass is 242 g/mol. The molecule has 0 spiro atoms. The number of aliphatic hydroxyl groups excluding tert-OH is 1. The second-order valence-electron chi connectivity index (χ2n) is 5.47. The van der Waals surface area contributed by atoms with Crippen molar-refractivity contribution in [2.24, 2.45) is 5.41 Å². The summed E-state index contributed by atoms with van der Waals surface area (Å²) in [6.45, 7) is 7.46. The molecule has 0 amide bonds. The Morgan fingerprint density at radius 1 is 1.06 bits per heavy atom. The molecule has 2 atom stereocenters. The zero-order valence-electron chi connectivity index (χ0n) is 11.9. The lowest BCUT2D eigenvalue weighted by molar-refractivity contribution is -0.196. The fourth-order valence-electron chi connectivity index (χ4n) is 3.07. The van der Waals surface area contributed by atoms with Crippen LogP contribution in [0.1, 0.15) is 72.1 Å². The topological polar surface area (TPSA) is 29.5 Å². The SMILES string of the molecule is CCCCCCCOC1CC(O)C1(CC)CC. The van der Waals surface area contributed by atoms with Gasteiger partial charge in [0.25, 0.3) is 0 Å². The van der Waals surface area contributed by atoms with E-state index in [1.807, 2.05) is 0 Å². The van der Waals surface area contributed by atoms with Crippen LogP contribution in [0.4, 0.5) is 0 Å². The second-order valence-corrected chi connectivity index (χ2v) is 5.47. The number of hydrogen-bond donors (Lipinski definition) is 1. The maximum absolute atomic E-state index is 9.92. The summed E-state index contributed by atoms with van der Waals surface area (Å²) < 4.78 is 5.97. The van der Waals surface area contributed by atoms with Crippen LogP contribution in [0.5, 0.6) is 0 Å². The Morgan fingerprint density at radius 3 is 2.24 bits per heavy atom. The maximum Gasteiger partial charge on any atom is 0.0680 e. The van der Waals surface area contributed by atoms with Gasteiger partial charge in [-0.1, -0.05) is 46.5 Å². The van der Waals surface area contributed by atoms with E-state index in [0.29, 0.717) is 6.10 Å². The summed E-state index contributed by atoms with van der Waals surface area (Å²) >= 11 is 0. The molecule has 1 saturated carbocycles. The van der Waals surface area contributed by atoms with Crippen LogP contribution >= 0.6 is 0 Å². The molecule has 0 saturated heterocycles. The summed E-state index contributed by atoms with van der Waals surface area (Å²) in [4.78, 5) is 0. The first-order chi connectivity index (χ1) is 8.21. The number of hydrogen-bond acceptors (Lipinski definition) is 2. The van der Waals surface area contributed by atoms with Crippen LogP contribution in [0.3, 0.4) is 0 Å². The van der Waals surface area contributed by atoms with Gasteiger partial charge in [-0.15, -0.1) is 0 Å². The van der Waals surface area contributed by atoms with Gasteiger partial charge in [0, 0.05) is 18.4 Å². The smallest absolute Gasteiger partial charge is 0.0680 e. The Morgan fingerprint density at radius 2 is 1.71 bits per heavy atom. The van der Waals surface area contributed by atoms with Gasteiger partial charge in [-0.2, -0.15) is 0 Å². The van der Waals surface area contributed by atoms with Crippen LogP contribution < -0.4 is 0 Å². The third kappa shape index (κ3) is 3.45. The van der Waals surface area contributed by atoms with E-state index in [1.165, 1.54) is 32.1 Å². The number of unbranched alkanes of at least 4 members (excludes halogenated alkanes) is 4. The van der Waals surface area contributed by atoms with Crippen LogP contribution in [-0.2, 0) is 4.74 Å². The second kappa shape index (κ2) is 7.38. The summed E-state index contributed by atoms with van der Waals surface area (Å²) in [5, 5.41) is 9.92. The largest absolute Gasteiger partial charge is 0.392 e. The predicted molar refractivity (Wildman–Crippen MR) is 72.1 cm³/mol. The van der Waals surface area contributed by atoms with Crippen LogP contribution in [0, 0.1) is 5.41 Å². The highest BCUT2D eigenvalue weighted by atomic mass is 16.5. The number of aliphatic hydroxyl groups is 1. The van der Waals surface area contributed by atoms with Crippen molar-refractivity contribution < 1.29 is 9.84 Å². The van der Waals surface area contributed by atoms with E-state index in [0.717, 1.165) is 25.9 Å². The molecule has 2 nitrogen and oxygen atoms in total. The van der Waals surface area contributed by atoms with E-state index in [1.54, 1.807) is 0 Å². The van der Waals surface area contributed by atoms with Crippen molar-refractivity contribution in [3.8, 4) is 0 Å². The van der Waals surface area contributed by atoms with Crippen molar-refractivity contribution in [2.45, 2.75) is 84.3 Å². The standard InChI is InChI=1S/C15H30O2/c1-4-7-8-9-10-11-17-14-12-13(16)15(14,5-2)6-3/h13-14,16H,4-12H2,1-3H3. The van der Waals surface area contributed by atoms with Crippen molar-refractivity contribution in [1.29, 1.82) is 0 Å². The molecule has 0 radical (unpaired) electrons. The van der Waals surface area contributed by atoms with Crippen molar-refractivity contribution in [3.05, 3.63) is 0 Å². The lowest BCUT2D eigenvalue weighted by Crippen LogP contribution is -2.57. The van der Waals surface area contributed by atoms with Gasteiger partial charge in [0.05, 0.1) is 12.2 Å². The summed E-state index contributed by atoms with van der Waals surface area (Å²) in [7, 11) is 0. The quantitative estimate of drug-likeness (QED) is 0.621. The fourth-order valence-corrected chi connectivity index (χ4v) is 3.07. The molecule has 1 rings (SSSR count). The summed E-state index contributed by atoms with van der Waals surface area (Å²) in [5.41, 5.74) is 0.0589. The van der Waals surface area contributed by atoms with Gasteiger partial charge in [-0.3, -0.25) is 0 Å². The Kier molecular flexibility index (Phi) is 6.50. The van der Waals surface area contributed by atoms with Crippen molar-refractivity contribution in [2.75, 3.05) is 6.61 Å². The van der Waals surface area contributed by atoms with Crippen molar-refractivity contribution in [1.82, 2.24) is 0 Å². The van der Waals surface area contributed by atoms with Gasteiger partial charge < -0.3 is 9.84 Å². The molecule has 0 aromatic heterocycles. The molecular formula is C15H30O2. The molecule has 0 bridgehead atoms. The van der Waals surface area contributed by atoms with E-state index in [4.69, 9.17) is 4.74 Å². The Bertz CT molecular complexity index is 199. The van der Waals surface area contributed by atoms with Crippen LogP contribution in [0.2, 0.25) is 0 Å². The molecule has 0 aliphatic heterocycles. The Balaban J connectivity index is 2.15. The lowest BCUT2D eigenvalue weighted by atomic mass is 9.60. The highest BCUT2D eigenvalue weighted by molar-refractivity contribution is 5.02. The third-order valence-electron chi connectivity index (χ3n) is 4.63. The highest BCUT2D eigenvalue weighted by Crippen LogP contribution is 2.48. The minimum Gasteiger partial charge on any atom is -0.392 e. The fraction of sp³-hybridized carbons (Fsp3) is 1.00. The molecule has 17 heavy (non-hydrogen) atoms. The van der Waals surface area contributed by atoms with Crippen LogP contribution in [0.25, 0.3) is 0 Å². The molecule has 1 aliphatic carbocycles. The summed E-state index contributed by atoms with van der Waals surface area (Å²) in [6, 6.07) is 0. The molecule has 0 heterocycles. The minimum atomic E-state index is -0.136. The summed E-state index contributed by atoms with van der Waals surface area (Å²) in [6.07, 6.45) is 9.51. The van der Waals surface area contributed by atoms with E-state index in [2.05, 4.69) is 20.8 Å². The van der Waals surface area contributed by atoms with Gasteiger partial charge >= 0.3 is 0 Å². The molecule has 0 aromatic carbocycles. The van der Waals surface area contributed by atoms with Crippen LogP contribution in [0.15, 0.2) is 0 Å². The molecule has 102 valence electrons. The Hall–Kier alpha value is -0.0800. The van der Waals surface area contributed by atoms with Gasteiger partial charge in [0.2, 0.25) is 0 Å². The van der Waals surface area contributed by atoms with Crippen LogP contribution in [-0.4, -0.2) is 23.9 Å². The molecule has 1 fully saturated rings. The van der Waals surface area contributed by atoms with Gasteiger partial charge in [0.15, 0.2) is 0 Å². The van der Waals surface area contributed by atoms with Crippen molar-refractivity contribution in [3.63, 3.8) is 0 Å². The lowest BCUT2D eigenvalue weighted by Gasteiger charge is -2.52. The van der Waals surface area contributed by atoms with Gasteiger partial charge in [-0.25, -0.2) is 0 Å². The molecular weight excluding hydrogens is 212 g/mol. The maximum atomic E-state index is 9.92. The molecule has 2 heteroatoms. The highest BCUT2D eigenvalue weighted by Gasteiger charge is 2.52. The number of ether oxygens (including phenoxy) is 1. The third-order valence-corrected chi connectivity index (χ3v) is 4.63. The van der Waals surface area contributed by atoms with Gasteiger partial charge in [0.1, 0.15) is 0 Å². The van der Waals surface area contributed by atoms with Gasteiger partial charge in [-0.05, 0) is 19.3 Å². The van der Waals surface area contributed by atoms with E-state index >= 15 is 0 Å². The van der Waals surface area contributed by atoms with E-state index in [-0.39, 0.29) is 11.5 Å². The predicted octanol–water partition coefficient (Wildman–Crippen LogP) is 3.91. The molecule has 1 N–H and O–H groups in total.